The van der Waals surface area contributed by atoms with Crippen LogP contribution < -0.4 is 5.32 Å². The quantitative estimate of drug-likeness (QED) is 0.796. The van der Waals surface area contributed by atoms with Crippen LogP contribution in [0.25, 0.3) is 0 Å². The molecule has 1 atom stereocenters. The average molecular weight is 259 g/mol. The predicted molar refractivity (Wildman–Crippen MR) is 83.3 cm³/mol. The average Bonchev–Trinajstić information content (AvgIpc) is 2.46. The molecule has 1 fully saturated rings. The van der Waals surface area contributed by atoms with Gasteiger partial charge in [0, 0.05) is 6.04 Å². The summed E-state index contributed by atoms with van der Waals surface area (Å²) in [7, 11) is 0. The second-order valence-corrected chi connectivity index (χ2v) is 6.14. The molecule has 0 aliphatic heterocycles. The number of hydrogen-bond donors (Lipinski definition) is 1. The van der Waals surface area contributed by atoms with Crippen molar-refractivity contribution in [3.63, 3.8) is 0 Å². The number of rotatable bonds is 5. The van der Waals surface area contributed by atoms with Gasteiger partial charge in [0.2, 0.25) is 0 Å². The van der Waals surface area contributed by atoms with Crippen LogP contribution in [0.4, 0.5) is 0 Å². The summed E-state index contributed by atoms with van der Waals surface area (Å²) in [4.78, 5) is 0. The van der Waals surface area contributed by atoms with Gasteiger partial charge >= 0.3 is 0 Å². The molecule has 2 rings (SSSR count). The molecule has 0 aromatic heterocycles. The summed E-state index contributed by atoms with van der Waals surface area (Å²) in [5.41, 5.74) is 2.83. The van der Waals surface area contributed by atoms with Gasteiger partial charge in [-0.3, -0.25) is 0 Å². The van der Waals surface area contributed by atoms with Crippen molar-refractivity contribution < 1.29 is 0 Å². The molecule has 1 aromatic carbocycles. The minimum Gasteiger partial charge on any atom is -0.310 e. The predicted octanol–water partition coefficient (Wildman–Crippen LogP) is 4.86. The van der Waals surface area contributed by atoms with Gasteiger partial charge in [-0.1, -0.05) is 62.9 Å². The third kappa shape index (κ3) is 3.82. The molecular weight excluding hydrogens is 230 g/mol. The lowest BCUT2D eigenvalue weighted by atomic mass is 9.76. The molecule has 1 heteroatoms. The number of nitrogens with one attached hydrogen (secondary N) is 1. The van der Waals surface area contributed by atoms with Gasteiger partial charge in [-0.05, 0) is 43.7 Å². The van der Waals surface area contributed by atoms with E-state index < -0.39 is 0 Å². The Labute approximate surface area is 118 Å². The van der Waals surface area contributed by atoms with Gasteiger partial charge in [0.1, 0.15) is 0 Å². The molecular formula is C18H29N. The smallest absolute Gasteiger partial charge is 0.0348 e. The largest absolute Gasteiger partial charge is 0.310 e. The van der Waals surface area contributed by atoms with Crippen LogP contribution in [-0.4, -0.2) is 6.54 Å². The Kier molecular flexibility index (Phi) is 5.45. The van der Waals surface area contributed by atoms with Gasteiger partial charge in [0.15, 0.2) is 0 Å². The van der Waals surface area contributed by atoms with E-state index in [1.807, 2.05) is 0 Å². The fourth-order valence-corrected chi connectivity index (χ4v) is 3.48. The topological polar surface area (TPSA) is 12.0 Å². The van der Waals surface area contributed by atoms with Gasteiger partial charge in [-0.2, -0.15) is 0 Å². The van der Waals surface area contributed by atoms with Crippen LogP contribution in [0.5, 0.6) is 0 Å². The second-order valence-electron chi connectivity index (χ2n) is 6.14. The second kappa shape index (κ2) is 7.09. The first kappa shape index (κ1) is 14.6. The van der Waals surface area contributed by atoms with E-state index in [4.69, 9.17) is 0 Å². The summed E-state index contributed by atoms with van der Waals surface area (Å²) < 4.78 is 0. The van der Waals surface area contributed by atoms with E-state index in [1.165, 1.54) is 43.2 Å². The maximum absolute atomic E-state index is 3.72. The Bertz CT molecular complexity index is 360. The van der Waals surface area contributed by atoms with E-state index in [9.17, 15) is 0 Å². The Morgan fingerprint density at radius 2 is 1.68 bits per heavy atom. The molecule has 1 N–H and O–H groups in total. The molecule has 0 radical (unpaired) electrons. The summed E-state index contributed by atoms with van der Waals surface area (Å²) in [6.07, 6.45) is 7.00. The van der Waals surface area contributed by atoms with Crippen molar-refractivity contribution in [3.05, 3.63) is 35.4 Å². The number of aryl methyl sites for hydroxylation is 1. The van der Waals surface area contributed by atoms with Crippen molar-refractivity contribution >= 4 is 0 Å². The number of hydrogen-bond acceptors (Lipinski definition) is 1. The minimum atomic E-state index is 0.559. The van der Waals surface area contributed by atoms with E-state index in [0.29, 0.717) is 6.04 Å². The summed E-state index contributed by atoms with van der Waals surface area (Å²) in [5, 5.41) is 3.72. The summed E-state index contributed by atoms with van der Waals surface area (Å²) >= 11 is 0. The third-order valence-corrected chi connectivity index (χ3v) is 4.80. The van der Waals surface area contributed by atoms with Crippen molar-refractivity contribution in [2.45, 2.75) is 58.9 Å². The molecule has 1 unspecified atom stereocenters. The first-order valence-corrected chi connectivity index (χ1v) is 8.04. The standard InChI is InChI=1S/C18H29N/c1-4-15-8-12-17(13-9-15)18(19-5-2)16-10-6-14(3)7-11-16/h6-7,10-11,15,17-19H,4-5,8-9,12-13H2,1-3H3. The maximum atomic E-state index is 3.72. The van der Waals surface area contributed by atoms with Gasteiger partial charge in [-0.25, -0.2) is 0 Å². The zero-order valence-corrected chi connectivity index (χ0v) is 12.8. The highest BCUT2D eigenvalue weighted by atomic mass is 14.9. The zero-order chi connectivity index (χ0) is 13.7. The Morgan fingerprint density at radius 3 is 2.21 bits per heavy atom. The van der Waals surface area contributed by atoms with Crippen molar-refractivity contribution in [2.75, 3.05) is 6.54 Å². The molecule has 1 saturated carbocycles. The lowest BCUT2D eigenvalue weighted by Gasteiger charge is -2.34. The molecule has 1 nitrogen and oxygen atoms in total. The lowest BCUT2D eigenvalue weighted by molar-refractivity contribution is 0.220. The molecule has 19 heavy (non-hydrogen) atoms. The molecule has 1 aliphatic carbocycles. The van der Waals surface area contributed by atoms with Crippen LogP contribution in [0.1, 0.15) is 63.1 Å². The Morgan fingerprint density at radius 1 is 1.05 bits per heavy atom. The lowest BCUT2D eigenvalue weighted by Crippen LogP contribution is -2.31. The summed E-state index contributed by atoms with van der Waals surface area (Å²) in [5.74, 6) is 1.81. The minimum absolute atomic E-state index is 0.559. The molecule has 0 heterocycles. The fourth-order valence-electron chi connectivity index (χ4n) is 3.48. The van der Waals surface area contributed by atoms with Gasteiger partial charge < -0.3 is 5.32 Å². The van der Waals surface area contributed by atoms with Crippen molar-refractivity contribution in [1.82, 2.24) is 5.32 Å². The SMILES string of the molecule is CCNC(c1ccc(C)cc1)C1CCC(CC)CC1. The third-order valence-electron chi connectivity index (χ3n) is 4.80. The van der Waals surface area contributed by atoms with Gasteiger partial charge in [0.05, 0.1) is 0 Å². The van der Waals surface area contributed by atoms with Crippen LogP contribution in [0.2, 0.25) is 0 Å². The molecule has 0 spiro atoms. The van der Waals surface area contributed by atoms with Crippen LogP contribution in [0.15, 0.2) is 24.3 Å². The Balaban J connectivity index is 2.05. The van der Waals surface area contributed by atoms with Crippen LogP contribution in [0, 0.1) is 18.8 Å². The zero-order valence-electron chi connectivity index (χ0n) is 12.8. The molecule has 1 aliphatic rings. The first-order chi connectivity index (χ1) is 9.24. The molecule has 1 aromatic rings. The monoisotopic (exact) mass is 259 g/mol. The Hall–Kier alpha value is -0.820. The van der Waals surface area contributed by atoms with Crippen molar-refractivity contribution in [2.24, 2.45) is 11.8 Å². The highest BCUT2D eigenvalue weighted by molar-refractivity contribution is 5.24. The summed E-state index contributed by atoms with van der Waals surface area (Å²) in [6, 6.07) is 9.68. The van der Waals surface area contributed by atoms with Gasteiger partial charge in [0.25, 0.3) is 0 Å². The van der Waals surface area contributed by atoms with Gasteiger partial charge in [-0.15, -0.1) is 0 Å². The highest BCUT2D eigenvalue weighted by Crippen LogP contribution is 2.37. The highest BCUT2D eigenvalue weighted by Gasteiger charge is 2.27. The molecule has 0 amide bonds. The van der Waals surface area contributed by atoms with Crippen LogP contribution in [0.3, 0.4) is 0 Å². The van der Waals surface area contributed by atoms with E-state index >= 15 is 0 Å². The maximum Gasteiger partial charge on any atom is 0.0348 e. The van der Waals surface area contributed by atoms with Crippen LogP contribution >= 0.6 is 0 Å². The van der Waals surface area contributed by atoms with E-state index in [1.54, 1.807) is 0 Å². The van der Waals surface area contributed by atoms with Crippen molar-refractivity contribution in [3.8, 4) is 0 Å². The van der Waals surface area contributed by atoms with E-state index in [-0.39, 0.29) is 0 Å². The fraction of sp³-hybridized carbons (Fsp3) is 0.667. The summed E-state index contributed by atoms with van der Waals surface area (Å²) in [6.45, 7) is 7.79. The molecule has 0 bridgehead atoms. The van der Waals surface area contributed by atoms with Crippen LogP contribution in [-0.2, 0) is 0 Å². The molecule has 0 saturated heterocycles. The molecule has 106 valence electrons. The van der Waals surface area contributed by atoms with Crippen molar-refractivity contribution in [1.29, 1.82) is 0 Å². The first-order valence-electron chi connectivity index (χ1n) is 8.04. The number of benzene rings is 1. The van der Waals surface area contributed by atoms with E-state index in [2.05, 4.69) is 50.4 Å². The van der Waals surface area contributed by atoms with E-state index in [0.717, 1.165) is 18.4 Å². The normalized spacial score (nSPS) is 25.2.